The summed E-state index contributed by atoms with van der Waals surface area (Å²) in [5, 5.41) is 12.8. The number of ether oxygens (including phenoxy) is 1. The Hall–Kier alpha value is -1.85. The highest BCUT2D eigenvalue weighted by atomic mass is 32.1. The number of benzene rings is 1. The van der Waals surface area contributed by atoms with Crippen LogP contribution in [0.2, 0.25) is 0 Å². The zero-order valence-corrected chi connectivity index (χ0v) is 12.9. The topological polar surface area (TPSA) is 58.6 Å². The molecular weight excluding hydrogens is 286 g/mol. The minimum atomic E-state index is -1.19. The lowest BCUT2D eigenvalue weighted by molar-refractivity contribution is -0.129. The van der Waals surface area contributed by atoms with Crippen molar-refractivity contribution in [2.45, 2.75) is 26.0 Å². The lowest BCUT2D eigenvalue weighted by Gasteiger charge is -2.12. The first-order valence-electron chi connectivity index (χ1n) is 6.81. The van der Waals surface area contributed by atoms with Crippen LogP contribution in [-0.4, -0.2) is 18.1 Å². The summed E-state index contributed by atoms with van der Waals surface area (Å²) in [4.78, 5) is 14.4. The fourth-order valence-corrected chi connectivity index (χ4v) is 2.84. The number of amides is 1. The average Bonchev–Trinajstić information content (AvgIpc) is 3.00. The third-order valence-electron chi connectivity index (χ3n) is 3.16. The Morgan fingerprint density at radius 3 is 2.76 bits per heavy atom. The highest BCUT2D eigenvalue weighted by molar-refractivity contribution is 7.11. The molecular formula is C16H19NO3S. The number of hydrogen-bond acceptors (Lipinski definition) is 4. The Morgan fingerprint density at radius 2 is 2.10 bits per heavy atom. The van der Waals surface area contributed by atoms with Crippen LogP contribution < -0.4 is 10.1 Å². The summed E-state index contributed by atoms with van der Waals surface area (Å²) in [6, 6.07) is 10.9. The number of hydrogen-bond donors (Lipinski definition) is 2. The van der Waals surface area contributed by atoms with Gasteiger partial charge in [-0.1, -0.05) is 19.1 Å². The van der Waals surface area contributed by atoms with Gasteiger partial charge in [-0.2, -0.15) is 0 Å². The van der Waals surface area contributed by atoms with Gasteiger partial charge in [0.25, 0.3) is 5.91 Å². The zero-order chi connectivity index (χ0) is 15.2. The molecule has 4 nitrogen and oxygen atoms in total. The van der Waals surface area contributed by atoms with Crippen LogP contribution in [0, 0.1) is 0 Å². The molecule has 0 saturated heterocycles. The van der Waals surface area contributed by atoms with Crippen molar-refractivity contribution >= 4 is 17.2 Å². The minimum Gasteiger partial charge on any atom is -0.497 e. The standard InChI is InChI=1S/C16H19NO3S/c1-3-13-7-8-14(21-13)10-17-16(19)15(18)11-5-4-6-12(9-11)20-2/h4-9,15,18H,3,10H2,1-2H3,(H,17,19). The smallest absolute Gasteiger partial charge is 0.253 e. The van der Waals surface area contributed by atoms with Gasteiger partial charge >= 0.3 is 0 Å². The summed E-state index contributed by atoms with van der Waals surface area (Å²) in [6.07, 6.45) is -0.198. The summed E-state index contributed by atoms with van der Waals surface area (Å²) in [7, 11) is 1.55. The molecule has 2 N–H and O–H groups in total. The molecule has 0 radical (unpaired) electrons. The number of aryl methyl sites for hydroxylation is 1. The lowest BCUT2D eigenvalue weighted by Crippen LogP contribution is -2.28. The molecule has 0 saturated carbocycles. The van der Waals surface area contributed by atoms with Crippen LogP contribution >= 0.6 is 11.3 Å². The Labute approximate surface area is 128 Å². The van der Waals surface area contributed by atoms with Crippen LogP contribution in [-0.2, 0) is 17.8 Å². The van der Waals surface area contributed by atoms with E-state index in [4.69, 9.17) is 4.74 Å². The van der Waals surface area contributed by atoms with Crippen molar-refractivity contribution in [2.75, 3.05) is 7.11 Å². The van der Waals surface area contributed by atoms with Crippen LogP contribution in [0.3, 0.4) is 0 Å². The van der Waals surface area contributed by atoms with Crippen molar-refractivity contribution in [2.24, 2.45) is 0 Å². The first kappa shape index (κ1) is 15.5. The number of aliphatic hydroxyl groups excluding tert-OH is 1. The predicted octanol–water partition coefficient (Wildman–Crippen LogP) is 2.67. The number of nitrogens with one attached hydrogen (secondary N) is 1. The largest absolute Gasteiger partial charge is 0.497 e. The molecule has 21 heavy (non-hydrogen) atoms. The zero-order valence-electron chi connectivity index (χ0n) is 12.1. The molecule has 0 fully saturated rings. The van der Waals surface area contributed by atoms with E-state index >= 15 is 0 Å². The summed E-state index contributed by atoms with van der Waals surface area (Å²) >= 11 is 1.67. The van der Waals surface area contributed by atoms with Crippen LogP contribution in [0.1, 0.15) is 28.3 Å². The van der Waals surface area contributed by atoms with Gasteiger partial charge in [-0.05, 0) is 36.2 Å². The van der Waals surface area contributed by atoms with E-state index in [0.717, 1.165) is 11.3 Å². The van der Waals surface area contributed by atoms with Gasteiger partial charge in [0.2, 0.25) is 0 Å². The molecule has 0 aliphatic heterocycles. The first-order chi connectivity index (χ1) is 10.1. The summed E-state index contributed by atoms with van der Waals surface area (Å²) in [6.45, 7) is 2.53. The number of carbonyl (C=O) groups excluding carboxylic acids is 1. The third kappa shape index (κ3) is 4.06. The second-order valence-electron chi connectivity index (χ2n) is 4.62. The van der Waals surface area contributed by atoms with Crippen molar-refractivity contribution in [3.05, 3.63) is 51.7 Å². The molecule has 1 aromatic heterocycles. The molecule has 1 unspecified atom stereocenters. The van der Waals surface area contributed by atoms with Crippen molar-refractivity contribution in [3.8, 4) is 5.75 Å². The SMILES string of the molecule is CCc1ccc(CNC(=O)C(O)c2cccc(OC)c2)s1. The van der Waals surface area contributed by atoms with Gasteiger partial charge in [0.15, 0.2) is 6.10 Å². The number of methoxy groups -OCH3 is 1. The first-order valence-corrected chi connectivity index (χ1v) is 7.63. The molecule has 2 rings (SSSR count). The van der Waals surface area contributed by atoms with E-state index < -0.39 is 12.0 Å². The van der Waals surface area contributed by atoms with E-state index in [1.165, 1.54) is 4.88 Å². The van der Waals surface area contributed by atoms with E-state index in [0.29, 0.717) is 17.9 Å². The van der Waals surface area contributed by atoms with E-state index in [2.05, 4.69) is 18.3 Å². The molecule has 1 amide bonds. The molecule has 0 aliphatic carbocycles. The normalized spacial score (nSPS) is 12.0. The maximum Gasteiger partial charge on any atom is 0.253 e. The van der Waals surface area contributed by atoms with Gasteiger partial charge in [0.05, 0.1) is 13.7 Å². The lowest BCUT2D eigenvalue weighted by atomic mass is 10.1. The van der Waals surface area contributed by atoms with Crippen LogP contribution in [0.25, 0.3) is 0 Å². The molecule has 1 heterocycles. The van der Waals surface area contributed by atoms with Crippen molar-refractivity contribution < 1.29 is 14.6 Å². The molecule has 5 heteroatoms. The molecule has 0 aliphatic rings. The van der Waals surface area contributed by atoms with Gasteiger partial charge in [0, 0.05) is 9.75 Å². The fourth-order valence-electron chi connectivity index (χ4n) is 1.94. The van der Waals surface area contributed by atoms with Gasteiger partial charge < -0.3 is 15.2 Å². The second-order valence-corrected chi connectivity index (χ2v) is 5.87. The van der Waals surface area contributed by atoms with Crippen molar-refractivity contribution in [1.82, 2.24) is 5.32 Å². The monoisotopic (exact) mass is 305 g/mol. The predicted molar refractivity (Wildman–Crippen MR) is 83.5 cm³/mol. The van der Waals surface area contributed by atoms with Crippen molar-refractivity contribution in [1.29, 1.82) is 0 Å². The maximum atomic E-state index is 12.0. The quantitative estimate of drug-likeness (QED) is 0.862. The summed E-state index contributed by atoms with van der Waals surface area (Å²) in [5.74, 6) is 0.208. The number of aliphatic hydroxyl groups is 1. The average molecular weight is 305 g/mol. The van der Waals surface area contributed by atoms with Crippen LogP contribution in [0.15, 0.2) is 36.4 Å². The van der Waals surface area contributed by atoms with Gasteiger partial charge in [-0.15, -0.1) is 11.3 Å². The Morgan fingerprint density at radius 1 is 1.33 bits per heavy atom. The second kappa shape index (κ2) is 7.24. The van der Waals surface area contributed by atoms with E-state index in [-0.39, 0.29) is 0 Å². The number of thiophene rings is 1. The molecule has 112 valence electrons. The van der Waals surface area contributed by atoms with Gasteiger partial charge in [0.1, 0.15) is 5.75 Å². The summed E-state index contributed by atoms with van der Waals surface area (Å²) in [5.41, 5.74) is 0.521. The molecule has 0 spiro atoms. The molecule has 1 aromatic carbocycles. The van der Waals surface area contributed by atoms with E-state index in [1.54, 1.807) is 42.7 Å². The van der Waals surface area contributed by atoms with Crippen LogP contribution in [0.4, 0.5) is 0 Å². The molecule has 0 bridgehead atoms. The number of rotatable bonds is 6. The molecule has 1 atom stereocenters. The van der Waals surface area contributed by atoms with E-state index in [1.807, 2.05) is 6.07 Å². The van der Waals surface area contributed by atoms with E-state index in [9.17, 15) is 9.90 Å². The van der Waals surface area contributed by atoms with Gasteiger partial charge in [-0.25, -0.2) is 0 Å². The molecule has 2 aromatic rings. The Kier molecular flexibility index (Phi) is 5.36. The third-order valence-corrected chi connectivity index (χ3v) is 4.39. The van der Waals surface area contributed by atoms with Gasteiger partial charge in [-0.3, -0.25) is 4.79 Å². The highest BCUT2D eigenvalue weighted by Gasteiger charge is 2.17. The van der Waals surface area contributed by atoms with Crippen molar-refractivity contribution in [3.63, 3.8) is 0 Å². The minimum absolute atomic E-state index is 0.408. The highest BCUT2D eigenvalue weighted by Crippen LogP contribution is 2.20. The number of carbonyl (C=O) groups is 1. The maximum absolute atomic E-state index is 12.0. The summed E-state index contributed by atoms with van der Waals surface area (Å²) < 4.78 is 5.09. The fraction of sp³-hybridized carbons (Fsp3) is 0.312. The Balaban J connectivity index is 1.95. The Bertz CT molecular complexity index is 609. The van der Waals surface area contributed by atoms with Crippen LogP contribution in [0.5, 0.6) is 5.75 Å².